The number of ether oxygens (including phenoxy) is 1. The fourth-order valence-corrected chi connectivity index (χ4v) is 3.06. The van der Waals surface area contributed by atoms with Gasteiger partial charge in [-0.1, -0.05) is 22.9 Å². The first-order valence-electron chi connectivity index (χ1n) is 6.15. The molecule has 0 radical (unpaired) electrons. The van der Waals surface area contributed by atoms with Crippen LogP contribution in [0.1, 0.15) is 11.8 Å². The first-order valence-corrected chi connectivity index (χ1v) is 7.76. The zero-order valence-electron chi connectivity index (χ0n) is 10.8. The van der Waals surface area contributed by atoms with E-state index in [9.17, 15) is 0 Å². The van der Waals surface area contributed by atoms with Gasteiger partial charge in [-0.2, -0.15) is 4.98 Å². The summed E-state index contributed by atoms with van der Waals surface area (Å²) in [6.45, 7) is 2.11. The molecule has 2 aromatic heterocycles. The number of aryl methyl sites for hydroxylation is 1. The third-order valence-electron chi connectivity index (χ3n) is 2.80. The fraction of sp³-hybridized carbons (Fsp3) is 0.143. The average Bonchev–Trinajstić information content (AvgIpc) is 2.84. The molecule has 0 aliphatic heterocycles. The van der Waals surface area contributed by atoms with Crippen molar-refractivity contribution in [3.05, 3.63) is 39.7 Å². The summed E-state index contributed by atoms with van der Waals surface area (Å²) in [6, 6.07) is 9.65. The molecule has 102 valence electrons. The molecule has 0 aliphatic rings. The molecule has 3 rings (SSSR count). The summed E-state index contributed by atoms with van der Waals surface area (Å²) in [5.41, 5.74) is 5.75. The van der Waals surface area contributed by atoms with Gasteiger partial charge in [0.05, 0.1) is 5.39 Å². The Morgan fingerprint density at radius 2 is 2.00 bits per heavy atom. The molecule has 6 heteroatoms. The van der Waals surface area contributed by atoms with Gasteiger partial charge < -0.3 is 10.5 Å². The Bertz CT molecular complexity index is 755. The van der Waals surface area contributed by atoms with E-state index in [4.69, 9.17) is 10.5 Å². The van der Waals surface area contributed by atoms with Gasteiger partial charge in [0.1, 0.15) is 10.6 Å². The monoisotopic (exact) mass is 349 g/mol. The number of nitrogens with two attached hydrogens (primary N) is 1. The van der Waals surface area contributed by atoms with Crippen molar-refractivity contribution < 1.29 is 4.74 Å². The summed E-state index contributed by atoms with van der Waals surface area (Å²) in [4.78, 5) is 10.6. The number of anilines is 1. The maximum Gasteiger partial charge on any atom is 0.232 e. The van der Waals surface area contributed by atoms with E-state index in [1.807, 2.05) is 24.3 Å². The normalized spacial score (nSPS) is 10.9. The number of thiophene rings is 1. The minimum atomic E-state index is 0.231. The maximum absolute atomic E-state index is 5.84. The lowest BCUT2D eigenvalue weighted by Gasteiger charge is -2.06. The molecule has 0 bridgehead atoms. The Morgan fingerprint density at radius 3 is 2.70 bits per heavy atom. The van der Waals surface area contributed by atoms with Gasteiger partial charge in [0.25, 0.3) is 0 Å². The Kier molecular flexibility index (Phi) is 3.58. The quantitative estimate of drug-likeness (QED) is 0.761. The molecule has 0 saturated heterocycles. The van der Waals surface area contributed by atoms with E-state index in [1.165, 1.54) is 4.88 Å². The number of hydrogen-bond donors (Lipinski definition) is 1. The highest BCUT2D eigenvalue weighted by Crippen LogP contribution is 2.33. The molecule has 20 heavy (non-hydrogen) atoms. The lowest BCUT2D eigenvalue weighted by atomic mass is 10.3. The number of fused-ring (bicyclic) bond motifs is 1. The number of hydrogen-bond acceptors (Lipinski definition) is 5. The van der Waals surface area contributed by atoms with Crippen molar-refractivity contribution in [1.82, 2.24) is 9.97 Å². The Hall–Kier alpha value is -1.66. The van der Waals surface area contributed by atoms with Crippen molar-refractivity contribution >= 4 is 43.4 Å². The minimum absolute atomic E-state index is 0.231. The third kappa shape index (κ3) is 2.62. The number of aromatic nitrogens is 2. The smallest absolute Gasteiger partial charge is 0.232 e. The Morgan fingerprint density at radius 1 is 1.25 bits per heavy atom. The first kappa shape index (κ1) is 13.3. The van der Waals surface area contributed by atoms with Gasteiger partial charge in [-0.05, 0) is 36.8 Å². The summed E-state index contributed by atoms with van der Waals surface area (Å²) in [5.74, 6) is 1.46. The highest BCUT2D eigenvalue weighted by atomic mass is 79.9. The molecule has 3 aromatic rings. The van der Waals surface area contributed by atoms with Gasteiger partial charge in [0.2, 0.25) is 11.8 Å². The zero-order chi connectivity index (χ0) is 14.1. The van der Waals surface area contributed by atoms with Gasteiger partial charge in [0, 0.05) is 9.35 Å². The molecule has 0 unspecified atom stereocenters. The van der Waals surface area contributed by atoms with Crippen molar-refractivity contribution in [3.63, 3.8) is 0 Å². The molecule has 0 amide bonds. The van der Waals surface area contributed by atoms with Crippen LogP contribution in [0.2, 0.25) is 0 Å². The van der Waals surface area contributed by atoms with Crippen LogP contribution in [0, 0.1) is 0 Å². The summed E-state index contributed by atoms with van der Waals surface area (Å²) in [5, 5.41) is 0.906. The molecule has 0 saturated carbocycles. The van der Waals surface area contributed by atoms with Gasteiger partial charge in [0.15, 0.2) is 0 Å². The number of nitrogens with zero attached hydrogens (tertiary/aromatic N) is 2. The zero-order valence-corrected chi connectivity index (χ0v) is 13.2. The van der Waals surface area contributed by atoms with E-state index in [-0.39, 0.29) is 5.95 Å². The van der Waals surface area contributed by atoms with Crippen LogP contribution in [0.25, 0.3) is 10.2 Å². The van der Waals surface area contributed by atoms with Crippen molar-refractivity contribution in [2.45, 2.75) is 13.3 Å². The van der Waals surface area contributed by atoms with E-state index in [2.05, 4.69) is 38.9 Å². The summed E-state index contributed by atoms with van der Waals surface area (Å²) < 4.78 is 6.84. The predicted molar refractivity (Wildman–Crippen MR) is 85.4 cm³/mol. The number of halogens is 1. The second-order valence-electron chi connectivity index (χ2n) is 4.23. The van der Waals surface area contributed by atoms with Crippen molar-refractivity contribution in [3.8, 4) is 11.6 Å². The molecule has 0 spiro atoms. The van der Waals surface area contributed by atoms with Crippen LogP contribution in [0.3, 0.4) is 0 Å². The van der Waals surface area contributed by atoms with Crippen LogP contribution >= 0.6 is 27.3 Å². The van der Waals surface area contributed by atoms with E-state index >= 15 is 0 Å². The summed E-state index contributed by atoms with van der Waals surface area (Å²) in [7, 11) is 0. The third-order valence-corrected chi connectivity index (χ3v) is 4.50. The van der Waals surface area contributed by atoms with Gasteiger partial charge in [-0.15, -0.1) is 11.3 Å². The van der Waals surface area contributed by atoms with Crippen molar-refractivity contribution in [2.75, 3.05) is 5.73 Å². The van der Waals surface area contributed by atoms with Gasteiger partial charge >= 0.3 is 0 Å². The first-order chi connectivity index (χ1) is 9.65. The maximum atomic E-state index is 5.84. The fourth-order valence-electron chi connectivity index (χ4n) is 1.83. The Balaban J connectivity index is 2.05. The number of nitrogen functional groups attached to an aromatic ring is 1. The molecule has 1 aromatic carbocycles. The molecule has 0 atom stereocenters. The Labute approximate surface area is 128 Å². The van der Waals surface area contributed by atoms with Crippen LogP contribution < -0.4 is 10.5 Å². The molecule has 2 heterocycles. The summed E-state index contributed by atoms with van der Waals surface area (Å²) >= 11 is 5.02. The van der Waals surface area contributed by atoms with E-state index < -0.39 is 0 Å². The molecule has 4 nitrogen and oxygen atoms in total. The van der Waals surface area contributed by atoms with Crippen molar-refractivity contribution in [1.29, 1.82) is 0 Å². The van der Waals surface area contributed by atoms with Crippen LogP contribution in [-0.4, -0.2) is 9.97 Å². The molecule has 0 aliphatic carbocycles. The highest BCUT2D eigenvalue weighted by molar-refractivity contribution is 9.10. The van der Waals surface area contributed by atoms with Gasteiger partial charge in [-0.3, -0.25) is 0 Å². The van der Waals surface area contributed by atoms with Crippen LogP contribution in [0.15, 0.2) is 34.8 Å². The van der Waals surface area contributed by atoms with Crippen LogP contribution in [-0.2, 0) is 6.42 Å². The van der Waals surface area contributed by atoms with E-state index in [1.54, 1.807) is 11.3 Å². The lowest BCUT2D eigenvalue weighted by Crippen LogP contribution is -1.97. The van der Waals surface area contributed by atoms with Crippen LogP contribution in [0.4, 0.5) is 5.95 Å². The summed E-state index contributed by atoms with van der Waals surface area (Å²) in [6.07, 6.45) is 0.957. The topological polar surface area (TPSA) is 61.0 Å². The second-order valence-corrected chi connectivity index (χ2v) is 6.26. The number of benzene rings is 1. The molecule has 2 N–H and O–H groups in total. The second kappa shape index (κ2) is 5.38. The highest BCUT2D eigenvalue weighted by Gasteiger charge is 2.12. The number of rotatable bonds is 3. The largest absolute Gasteiger partial charge is 0.438 e. The van der Waals surface area contributed by atoms with Crippen molar-refractivity contribution in [2.24, 2.45) is 0 Å². The average molecular weight is 350 g/mol. The molecular weight excluding hydrogens is 338 g/mol. The molecule has 0 fully saturated rings. The lowest BCUT2D eigenvalue weighted by molar-refractivity contribution is 0.469. The van der Waals surface area contributed by atoms with E-state index in [0.29, 0.717) is 5.88 Å². The minimum Gasteiger partial charge on any atom is -0.438 e. The van der Waals surface area contributed by atoms with Gasteiger partial charge in [-0.25, -0.2) is 4.98 Å². The molecular formula is C14H12BrN3OS. The SMILES string of the molecule is CCc1cc2c(Oc3ccc(Br)cc3)nc(N)nc2s1. The van der Waals surface area contributed by atoms with E-state index in [0.717, 1.165) is 26.9 Å². The predicted octanol–water partition coefficient (Wildman–Crippen LogP) is 4.39. The van der Waals surface area contributed by atoms with Crippen LogP contribution in [0.5, 0.6) is 11.6 Å². The standard InChI is InChI=1S/C14H12BrN3OS/c1-2-10-7-11-12(17-14(16)18-13(11)20-10)19-9-5-3-8(15)4-6-9/h3-7H,2H2,1H3,(H2,16,17,18).